The summed E-state index contributed by atoms with van der Waals surface area (Å²) < 4.78 is 25.4. The summed E-state index contributed by atoms with van der Waals surface area (Å²) in [4.78, 5) is 1.09. The van der Waals surface area contributed by atoms with Crippen LogP contribution in [0.25, 0.3) is 0 Å². The first-order valence-corrected chi connectivity index (χ1v) is 8.42. The minimum Gasteiger partial charge on any atom is -0.212 e. The van der Waals surface area contributed by atoms with E-state index in [4.69, 9.17) is 11.6 Å². The number of hydrogen-bond donors (Lipinski definition) is 0. The summed E-state index contributed by atoms with van der Waals surface area (Å²) in [5.41, 5.74) is 1.14. The maximum Gasteiger partial charge on any atom is 0.214 e. The highest BCUT2D eigenvalue weighted by Gasteiger charge is 2.21. The van der Waals surface area contributed by atoms with Crippen LogP contribution in [-0.4, -0.2) is 31.4 Å². The van der Waals surface area contributed by atoms with Gasteiger partial charge in [-0.15, -0.1) is 22.9 Å². The zero-order valence-electron chi connectivity index (χ0n) is 10.3. The topological polar surface area (TPSA) is 37.4 Å². The highest BCUT2D eigenvalue weighted by atomic mass is 35.5. The Morgan fingerprint density at radius 2 is 2.18 bits per heavy atom. The summed E-state index contributed by atoms with van der Waals surface area (Å²) in [7, 11) is -1.59. The molecule has 1 atom stereocenters. The van der Waals surface area contributed by atoms with Crippen LogP contribution in [0.5, 0.6) is 0 Å². The molecule has 0 aliphatic rings. The number of sulfonamides is 1. The van der Waals surface area contributed by atoms with Crippen LogP contribution >= 0.6 is 22.9 Å². The molecule has 17 heavy (non-hydrogen) atoms. The van der Waals surface area contributed by atoms with Gasteiger partial charge in [-0.05, 0) is 29.9 Å². The molecule has 0 amide bonds. The summed E-state index contributed by atoms with van der Waals surface area (Å²) in [5.74, 6) is 0.455. The average molecular weight is 296 g/mol. The number of thiophene rings is 1. The third-order valence-corrected chi connectivity index (χ3v) is 6.17. The second-order valence-electron chi connectivity index (χ2n) is 4.32. The Bertz CT molecular complexity index is 456. The number of halogens is 1. The van der Waals surface area contributed by atoms with Crippen LogP contribution in [-0.2, 0) is 16.6 Å². The van der Waals surface area contributed by atoms with E-state index in [0.29, 0.717) is 12.4 Å². The van der Waals surface area contributed by atoms with Crippen molar-refractivity contribution in [2.45, 2.75) is 20.4 Å². The van der Waals surface area contributed by atoms with Crippen molar-refractivity contribution in [3.63, 3.8) is 0 Å². The number of alkyl halides is 1. The molecule has 1 rings (SSSR count). The predicted octanol–water partition coefficient (Wildman–Crippen LogP) is 2.69. The van der Waals surface area contributed by atoms with Gasteiger partial charge in [0.15, 0.2) is 0 Å². The predicted molar refractivity (Wildman–Crippen MR) is 74.2 cm³/mol. The number of hydrogen-bond acceptors (Lipinski definition) is 3. The molecule has 0 radical (unpaired) electrons. The summed E-state index contributed by atoms with van der Waals surface area (Å²) in [6.45, 7) is 4.28. The molecule has 0 fully saturated rings. The lowest BCUT2D eigenvalue weighted by Crippen LogP contribution is -2.31. The van der Waals surface area contributed by atoms with Crippen LogP contribution < -0.4 is 0 Å². The molecule has 1 heterocycles. The maximum atomic E-state index is 12.0. The van der Waals surface area contributed by atoms with Crippen molar-refractivity contribution < 1.29 is 8.42 Å². The van der Waals surface area contributed by atoms with Gasteiger partial charge >= 0.3 is 0 Å². The maximum absolute atomic E-state index is 12.0. The molecule has 6 heteroatoms. The second-order valence-corrected chi connectivity index (χ2v) is 7.75. The van der Waals surface area contributed by atoms with Crippen molar-refractivity contribution in [2.24, 2.45) is 5.92 Å². The minimum absolute atomic E-state index is 0.0199. The molecule has 1 unspecified atom stereocenters. The highest BCUT2D eigenvalue weighted by molar-refractivity contribution is 7.89. The van der Waals surface area contributed by atoms with Gasteiger partial charge in [-0.3, -0.25) is 0 Å². The van der Waals surface area contributed by atoms with Crippen molar-refractivity contribution in [1.29, 1.82) is 0 Å². The molecule has 0 N–H and O–H groups in total. The summed E-state index contributed by atoms with van der Waals surface area (Å²) in [6, 6.07) is 2.00. The summed E-state index contributed by atoms with van der Waals surface area (Å²) in [6.07, 6.45) is 0. The lowest BCUT2D eigenvalue weighted by molar-refractivity contribution is 0.462. The Morgan fingerprint density at radius 3 is 2.65 bits per heavy atom. The van der Waals surface area contributed by atoms with E-state index in [0.717, 1.165) is 10.4 Å². The standard InChI is InChI=1S/C11H18ClNO2S2/c1-9(6-12)8-17(14,15)13(3)7-11-10(2)4-5-16-11/h4-5,9H,6-8H2,1-3H3. The number of aryl methyl sites for hydroxylation is 1. The Hall–Kier alpha value is -0.100. The molecule has 0 spiro atoms. The van der Waals surface area contributed by atoms with Crippen molar-refractivity contribution in [3.05, 3.63) is 21.9 Å². The lowest BCUT2D eigenvalue weighted by Gasteiger charge is -2.18. The second kappa shape index (κ2) is 6.18. The van der Waals surface area contributed by atoms with E-state index in [1.165, 1.54) is 4.31 Å². The summed E-state index contributed by atoms with van der Waals surface area (Å²) >= 11 is 7.24. The van der Waals surface area contributed by atoms with Crippen LogP contribution in [0.2, 0.25) is 0 Å². The molecule has 1 aromatic heterocycles. The fourth-order valence-corrected chi connectivity index (χ4v) is 4.09. The average Bonchev–Trinajstić information content (AvgIpc) is 2.63. The zero-order valence-corrected chi connectivity index (χ0v) is 12.7. The SMILES string of the molecule is Cc1ccsc1CN(C)S(=O)(=O)CC(C)CCl. The monoisotopic (exact) mass is 295 g/mol. The molecular weight excluding hydrogens is 278 g/mol. The van der Waals surface area contributed by atoms with Gasteiger partial charge in [0, 0.05) is 24.3 Å². The summed E-state index contributed by atoms with van der Waals surface area (Å²) in [5, 5.41) is 1.98. The molecule has 0 aliphatic carbocycles. The molecule has 0 bridgehead atoms. The van der Waals surface area contributed by atoms with Crippen molar-refractivity contribution in [2.75, 3.05) is 18.7 Å². The van der Waals surface area contributed by atoms with Gasteiger partial charge in [-0.25, -0.2) is 8.42 Å². The molecule has 0 saturated carbocycles. The number of nitrogens with zero attached hydrogens (tertiary/aromatic N) is 1. The van der Waals surface area contributed by atoms with E-state index >= 15 is 0 Å². The van der Waals surface area contributed by atoms with Crippen molar-refractivity contribution in [1.82, 2.24) is 4.31 Å². The van der Waals surface area contributed by atoms with Gasteiger partial charge in [-0.1, -0.05) is 6.92 Å². The Labute approximate surface area is 112 Å². The van der Waals surface area contributed by atoms with E-state index in [1.807, 2.05) is 25.3 Å². The Kier molecular flexibility index (Phi) is 5.44. The van der Waals surface area contributed by atoms with Crippen LogP contribution in [0.4, 0.5) is 0 Å². The Morgan fingerprint density at radius 1 is 1.53 bits per heavy atom. The van der Waals surface area contributed by atoms with Crippen molar-refractivity contribution >= 4 is 33.0 Å². The fourth-order valence-electron chi connectivity index (χ4n) is 1.40. The Balaban J connectivity index is 2.70. The van der Waals surface area contributed by atoms with Gasteiger partial charge in [0.05, 0.1) is 5.75 Å². The molecular formula is C11H18ClNO2S2. The minimum atomic E-state index is -3.21. The highest BCUT2D eigenvalue weighted by Crippen LogP contribution is 2.19. The van der Waals surface area contributed by atoms with Crippen LogP contribution in [0.3, 0.4) is 0 Å². The van der Waals surface area contributed by atoms with Gasteiger partial charge in [0.1, 0.15) is 0 Å². The van der Waals surface area contributed by atoms with Crippen LogP contribution in [0.1, 0.15) is 17.4 Å². The van der Waals surface area contributed by atoms with Crippen molar-refractivity contribution in [3.8, 4) is 0 Å². The fraction of sp³-hybridized carbons (Fsp3) is 0.636. The lowest BCUT2D eigenvalue weighted by atomic mass is 10.3. The smallest absolute Gasteiger partial charge is 0.212 e. The van der Waals surface area contributed by atoms with Crippen LogP contribution in [0.15, 0.2) is 11.4 Å². The number of rotatable bonds is 6. The molecule has 98 valence electrons. The quantitative estimate of drug-likeness (QED) is 0.757. The third-order valence-electron chi connectivity index (χ3n) is 2.57. The molecule has 0 aliphatic heterocycles. The molecule has 3 nitrogen and oxygen atoms in total. The largest absolute Gasteiger partial charge is 0.214 e. The first kappa shape index (κ1) is 15.0. The molecule has 1 aromatic rings. The first-order valence-electron chi connectivity index (χ1n) is 5.39. The van der Waals surface area contributed by atoms with E-state index in [2.05, 4.69) is 0 Å². The van der Waals surface area contributed by atoms with Gasteiger partial charge in [0.25, 0.3) is 0 Å². The normalized spacial score (nSPS) is 14.2. The van der Waals surface area contributed by atoms with Gasteiger partial charge < -0.3 is 0 Å². The molecule has 0 saturated heterocycles. The van der Waals surface area contributed by atoms with E-state index in [-0.39, 0.29) is 11.7 Å². The van der Waals surface area contributed by atoms with E-state index in [9.17, 15) is 8.42 Å². The van der Waals surface area contributed by atoms with Gasteiger partial charge in [-0.2, -0.15) is 4.31 Å². The van der Waals surface area contributed by atoms with E-state index in [1.54, 1.807) is 18.4 Å². The van der Waals surface area contributed by atoms with Gasteiger partial charge in [0.2, 0.25) is 10.0 Å². The third kappa shape index (κ3) is 4.25. The zero-order chi connectivity index (χ0) is 13.1. The van der Waals surface area contributed by atoms with Crippen LogP contribution in [0, 0.1) is 12.8 Å². The molecule has 0 aromatic carbocycles. The van der Waals surface area contributed by atoms with E-state index < -0.39 is 10.0 Å². The first-order chi connectivity index (χ1) is 7.86.